The molecular formula is C13H20O2. The summed E-state index contributed by atoms with van der Waals surface area (Å²) in [6.07, 6.45) is 7.28. The minimum atomic E-state index is 0.0853. The van der Waals surface area contributed by atoms with E-state index in [1.165, 1.54) is 19.3 Å². The molecule has 2 nitrogen and oxygen atoms in total. The predicted molar refractivity (Wildman–Crippen MR) is 60.7 cm³/mol. The summed E-state index contributed by atoms with van der Waals surface area (Å²) in [4.78, 5) is 23.0. The molecule has 0 radical (unpaired) electrons. The molecular weight excluding hydrogens is 188 g/mol. The van der Waals surface area contributed by atoms with E-state index in [4.69, 9.17) is 0 Å². The van der Waals surface area contributed by atoms with Crippen molar-refractivity contribution >= 4 is 11.6 Å². The third-order valence-electron chi connectivity index (χ3n) is 3.07. The normalized spacial score (nSPS) is 23.9. The van der Waals surface area contributed by atoms with Crippen molar-refractivity contribution in [1.82, 2.24) is 0 Å². The summed E-state index contributed by atoms with van der Waals surface area (Å²) in [5.74, 6) is 0.171. The Morgan fingerprint density at radius 2 is 1.07 bits per heavy atom. The SMILES string of the molecule is CC(=O)/C1=C(\C(C)=O)CCCCCCC1. The van der Waals surface area contributed by atoms with Gasteiger partial charge in [-0.05, 0) is 39.5 Å². The second kappa shape index (κ2) is 5.84. The van der Waals surface area contributed by atoms with E-state index in [1.54, 1.807) is 13.8 Å². The smallest absolute Gasteiger partial charge is 0.156 e. The highest BCUT2D eigenvalue weighted by Crippen LogP contribution is 2.23. The zero-order valence-corrected chi connectivity index (χ0v) is 9.77. The predicted octanol–water partition coefficient (Wildman–Crippen LogP) is 3.21. The van der Waals surface area contributed by atoms with Gasteiger partial charge in [0.25, 0.3) is 0 Å². The van der Waals surface area contributed by atoms with E-state index < -0.39 is 0 Å². The molecule has 1 rings (SSSR count). The van der Waals surface area contributed by atoms with Crippen molar-refractivity contribution in [2.24, 2.45) is 0 Å². The molecule has 0 aliphatic heterocycles. The molecule has 0 aromatic carbocycles. The van der Waals surface area contributed by atoms with Crippen LogP contribution in [0.3, 0.4) is 0 Å². The molecule has 0 atom stereocenters. The van der Waals surface area contributed by atoms with Gasteiger partial charge in [0.15, 0.2) is 11.6 Å². The highest BCUT2D eigenvalue weighted by atomic mass is 16.1. The van der Waals surface area contributed by atoms with E-state index in [1.807, 2.05) is 0 Å². The minimum Gasteiger partial charge on any atom is -0.295 e. The van der Waals surface area contributed by atoms with Gasteiger partial charge >= 0.3 is 0 Å². The maximum absolute atomic E-state index is 11.5. The van der Waals surface area contributed by atoms with E-state index in [0.717, 1.165) is 36.8 Å². The van der Waals surface area contributed by atoms with Gasteiger partial charge in [-0.15, -0.1) is 0 Å². The summed E-state index contributed by atoms with van der Waals surface area (Å²) in [7, 11) is 0. The molecule has 0 N–H and O–H groups in total. The average Bonchev–Trinajstić information content (AvgIpc) is 2.27. The summed E-state index contributed by atoms with van der Waals surface area (Å²) < 4.78 is 0. The number of hydrogen-bond acceptors (Lipinski definition) is 2. The maximum atomic E-state index is 11.5. The average molecular weight is 208 g/mol. The van der Waals surface area contributed by atoms with Crippen molar-refractivity contribution in [1.29, 1.82) is 0 Å². The van der Waals surface area contributed by atoms with Crippen LogP contribution in [0.2, 0.25) is 0 Å². The van der Waals surface area contributed by atoms with Crippen molar-refractivity contribution in [2.75, 3.05) is 0 Å². The fourth-order valence-electron chi connectivity index (χ4n) is 2.21. The van der Waals surface area contributed by atoms with Crippen LogP contribution in [-0.4, -0.2) is 11.6 Å². The molecule has 1 aliphatic carbocycles. The van der Waals surface area contributed by atoms with Crippen LogP contribution in [0.1, 0.15) is 58.8 Å². The molecule has 0 amide bonds. The summed E-state index contributed by atoms with van der Waals surface area (Å²) in [5.41, 5.74) is 1.59. The first-order valence-corrected chi connectivity index (χ1v) is 5.87. The Labute approximate surface area is 91.7 Å². The van der Waals surface area contributed by atoms with Crippen LogP contribution in [0.4, 0.5) is 0 Å². The fraction of sp³-hybridized carbons (Fsp3) is 0.692. The quantitative estimate of drug-likeness (QED) is 0.698. The third-order valence-corrected chi connectivity index (χ3v) is 3.07. The zero-order chi connectivity index (χ0) is 11.3. The van der Waals surface area contributed by atoms with E-state index in [0.29, 0.717) is 0 Å². The number of allylic oxidation sites excluding steroid dienone is 2. The number of carbonyl (C=O) groups is 2. The summed E-state index contributed by atoms with van der Waals surface area (Å²) in [5, 5.41) is 0. The Bertz CT molecular complexity index is 259. The van der Waals surface area contributed by atoms with Crippen LogP contribution >= 0.6 is 0 Å². The Kier molecular flexibility index (Phi) is 4.73. The highest BCUT2D eigenvalue weighted by Gasteiger charge is 2.16. The van der Waals surface area contributed by atoms with E-state index in [2.05, 4.69) is 0 Å². The first-order chi connectivity index (χ1) is 7.13. The number of ketones is 2. The lowest BCUT2D eigenvalue weighted by molar-refractivity contribution is -0.116. The molecule has 0 aromatic rings. The molecule has 84 valence electrons. The number of carbonyl (C=O) groups excluding carboxylic acids is 2. The van der Waals surface area contributed by atoms with Crippen molar-refractivity contribution in [2.45, 2.75) is 58.8 Å². The number of hydrogen-bond donors (Lipinski definition) is 0. The van der Waals surface area contributed by atoms with E-state index in [-0.39, 0.29) is 11.6 Å². The molecule has 2 heteroatoms. The van der Waals surface area contributed by atoms with E-state index >= 15 is 0 Å². The van der Waals surface area contributed by atoms with Crippen LogP contribution in [0.15, 0.2) is 11.1 Å². The molecule has 0 saturated heterocycles. The van der Waals surface area contributed by atoms with E-state index in [9.17, 15) is 9.59 Å². The molecule has 1 aliphatic rings. The maximum Gasteiger partial charge on any atom is 0.156 e. The molecule has 0 heterocycles. The van der Waals surface area contributed by atoms with Crippen molar-refractivity contribution in [3.63, 3.8) is 0 Å². The highest BCUT2D eigenvalue weighted by molar-refractivity contribution is 6.04. The molecule has 0 fully saturated rings. The molecule has 15 heavy (non-hydrogen) atoms. The van der Waals surface area contributed by atoms with Gasteiger partial charge in [0.1, 0.15) is 0 Å². The van der Waals surface area contributed by atoms with Crippen LogP contribution in [0, 0.1) is 0 Å². The Morgan fingerprint density at radius 3 is 1.40 bits per heavy atom. The first-order valence-electron chi connectivity index (χ1n) is 5.87. The van der Waals surface area contributed by atoms with Gasteiger partial charge < -0.3 is 0 Å². The molecule has 0 bridgehead atoms. The molecule has 0 saturated carbocycles. The van der Waals surface area contributed by atoms with Gasteiger partial charge in [-0.2, -0.15) is 0 Å². The summed E-state index contributed by atoms with van der Waals surface area (Å²) >= 11 is 0. The second-order valence-corrected chi connectivity index (χ2v) is 4.34. The van der Waals surface area contributed by atoms with Crippen LogP contribution in [0.5, 0.6) is 0 Å². The number of Topliss-reactive ketones (excluding diaryl/α,β-unsaturated/α-hetero) is 2. The van der Waals surface area contributed by atoms with Gasteiger partial charge in [-0.1, -0.05) is 19.3 Å². The lowest BCUT2D eigenvalue weighted by Crippen LogP contribution is -2.07. The molecule has 0 aromatic heterocycles. The largest absolute Gasteiger partial charge is 0.295 e. The lowest BCUT2D eigenvalue weighted by atomic mass is 9.94. The fourth-order valence-corrected chi connectivity index (χ4v) is 2.21. The zero-order valence-electron chi connectivity index (χ0n) is 9.77. The lowest BCUT2D eigenvalue weighted by Gasteiger charge is -2.09. The first kappa shape index (κ1) is 12.2. The third kappa shape index (κ3) is 3.61. The van der Waals surface area contributed by atoms with Crippen molar-refractivity contribution in [3.8, 4) is 0 Å². The van der Waals surface area contributed by atoms with Gasteiger partial charge in [-0.25, -0.2) is 0 Å². The summed E-state index contributed by atoms with van der Waals surface area (Å²) in [6, 6.07) is 0. The summed E-state index contributed by atoms with van der Waals surface area (Å²) in [6.45, 7) is 3.16. The molecule has 0 spiro atoms. The standard InChI is InChI=1S/C13H20O2/c1-10(14)12-8-6-4-3-5-7-9-13(12)11(2)15/h3-9H2,1-2H3/b13-12-. The van der Waals surface area contributed by atoms with Crippen LogP contribution < -0.4 is 0 Å². The minimum absolute atomic E-state index is 0.0853. The van der Waals surface area contributed by atoms with Gasteiger partial charge in [0.2, 0.25) is 0 Å². The Hall–Kier alpha value is -0.920. The Morgan fingerprint density at radius 1 is 0.733 bits per heavy atom. The van der Waals surface area contributed by atoms with Gasteiger partial charge in [-0.3, -0.25) is 9.59 Å². The monoisotopic (exact) mass is 208 g/mol. The number of rotatable bonds is 2. The van der Waals surface area contributed by atoms with Crippen LogP contribution in [-0.2, 0) is 9.59 Å². The second-order valence-electron chi connectivity index (χ2n) is 4.34. The Balaban J connectivity index is 2.94. The topological polar surface area (TPSA) is 34.1 Å². The van der Waals surface area contributed by atoms with Gasteiger partial charge in [0, 0.05) is 11.1 Å². The van der Waals surface area contributed by atoms with Crippen molar-refractivity contribution in [3.05, 3.63) is 11.1 Å². The van der Waals surface area contributed by atoms with Gasteiger partial charge in [0.05, 0.1) is 0 Å². The molecule has 0 unspecified atom stereocenters. The van der Waals surface area contributed by atoms with Crippen molar-refractivity contribution < 1.29 is 9.59 Å². The van der Waals surface area contributed by atoms with Crippen LogP contribution in [0.25, 0.3) is 0 Å².